The van der Waals surface area contributed by atoms with Crippen molar-refractivity contribution in [3.05, 3.63) is 56.4 Å². The molecular weight excluding hydrogens is 296 g/mol. The lowest BCUT2D eigenvalue weighted by molar-refractivity contribution is 1.04. The minimum atomic E-state index is -0.206. The Morgan fingerprint density at radius 3 is 3.00 bits per heavy atom. The normalized spacial score (nSPS) is 10.8. The van der Waals surface area contributed by atoms with Gasteiger partial charge in [-0.2, -0.15) is 5.10 Å². The molecule has 1 aromatic carbocycles. The molecule has 1 aromatic heterocycles. The topological polar surface area (TPSA) is 70.1 Å². The van der Waals surface area contributed by atoms with Gasteiger partial charge in [0.05, 0.1) is 6.21 Å². The molecule has 0 amide bonds. The summed E-state index contributed by atoms with van der Waals surface area (Å²) in [5, 5.41) is 4.01. The van der Waals surface area contributed by atoms with Crippen molar-refractivity contribution in [1.29, 1.82) is 0 Å². The van der Waals surface area contributed by atoms with Crippen LogP contribution in [-0.2, 0) is 0 Å². The highest BCUT2D eigenvalue weighted by Gasteiger charge is 1.95. The quantitative estimate of drug-likeness (QED) is 0.675. The van der Waals surface area contributed by atoms with Crippen LogP contribution in [0.4, 0.5) is 5.95 Å². The summed E-state index contributed by atoms with van der Waals surface area (Å²) in [5.41, 5.74) is 4.05. The average molecular weight is 307 g/mol. The predicted octanol–water partition coefficient (Wildman–Crippen LogP) is 2.29. The van der Waals surface area contributed by atoms with Crippen molar-refractivity contribution in [3.8, 4) is 0 Å². The molecule has 2 aromatic rings. The molecule has 18 heavy (non-hydrogen) atoms. The predicted molar refractivity (Wildman–Crippen MR) is 75.0 cm³/mol. The standard InChI is InChI=1S/C12H11BrN4O/c1-8-5-11(18)16-12(15-8)17-14-7-9-3-2-4-10(13)6-9/h2-7H,1H3,(H2,15,16,17,18)/b14-7+. The third-order valence-electron chi connectivity index (χ3n) is 2.10. The molecule has 0 aliphatic rings. The second-order valence-corrected chi connectivity index (χ2v) is 4.58. The highest BCUT2D eigenvalue weighted by molar-refractivity contribution is 9.10. The van der Waals surface area contributed by atoms with E-state index in [2.05, 4.69) is 36.4 Å². The third kappa shape index (κ3) is 3.53. The van der Waals surface area contributed by atoms with Gasteiger partial charge >= 0.3 is 0 Å². The van der Waals surface area contributed by atoms with Crippen molar-refractivity contribution in [2.24, 2.45) is 5.10 Å². The lowest BCUT2D eigenvalue weighted by atomic mass is 10.2. The monoisotopic (exact) mass is 306 g/mol. The van der Waals surface area contributed by atoms with Gasteiger partial charge in [-0.3, -0.25) is 9.78 Å². The Morgan fingerprint density at radius 1 is 1.44 bits per heavy atom. The number of hydrogen-bond donors (Lipinski definition) is 2. The highest BCUT2D eigenvalue weighted by Crippen LogP contribution is 2.09. The Balaban J connectivity index is 2.09. The number of aromatic amines is 1. The molecule has 0 saturated heterocycles. The summed E-state index contributed by atoms with van der Waals surface area (Å²) in [7, 11) is 0. The Labute approximate surface area is 112 Å². The van der Waals surface area contributed by atoms with Crippen LogP contribution in [0.5, 0.6) is 0 Å². The van der Waals surface area contributed by atoms with Crippen molar-refractivity contribution in [2.75, 3.05) is 5.43 Å². The number of H-pyrrole nitrogens is 1. The number of nitrogens with zero attached hydrogens (tertiary/aromatic N) is 2. The maximum absolute atomic E-state index is 11.2. The first-order valence-electron chi connectivity index (χ1n) is 5.26. The van der Waals surface area contributed by atoms with E-state index in [0.29, 0.717) is 11.6 Å². The number of aryl methyl sites for hydroxylation is 1. The number of halogens is 1. The summed E-state index contributed by atoms with van der Waals surface area (Å²) >= 11 is 3.38. The first-order valence-corrected chi connectivity index (χ1v) is 6.05. The summed E-state index contributed by atoms with van der Waals surface area (Å²) < 4.78 is 0.980. The molecule has 92 valence electrons. The van der Waals surface area contributed by atoms with Crippen LogP contribution >= 0.6 is 15.9 Å². The second kappa shape index (κ2) is 5.59. The van der Waals surface area contributed by atoms with Crippen LogP contribution in [0, 0.1) is 6.92 Å². The fourth-order valence-electron chi connectivity index (χ4n) is 1.39. The summed E-state index contributed by atoms with van der Waals surface area (Å²) in [5.74, 6) is 0.325. The molecule has 1 heterocycles. The molecule has 2 rings (SSSR count). The molecular formula is C12H11BrN4O. The van der Waals surface area contributed by atoms with Crippen LogP contribution in [0.25, 0.3) is 0 Å². The van der Waals surface area contributed by atoms with E-state index in [1.54, 1.807) is 13.1 Å². The van der Waals surface area contributed by atoms with E-state index in [1.807, 2.05) is 24.3 Å². The molecule has 0 aliphatic heterocycles. The van der Waals surface area contributed by atoms with E-state index >= 15 is 0 Å². The van der Waals surface area contributed by atoms with Crippen molar-refractivity contribution in [2.45, 2.75) is 6.92 Å². The van der Waals surface area contributed by atoms with Gasteiger partial charge in [-0.25, -0.2) is 10.4 Å². The van der Waals surface area contributed by atoms with Crippen molar-refractivity contribution in [3.63, 3.8) is 0 Å². The zero-order valence-electron chi connectivity index (χ0n) is 9.64. The Hall–Kier alpha value is -1.95. The molecule has 0 aliphatic carbocycles. The van der Waals surface area contributed by atoms with Gasteiger partial charge in [-0.15, -0.1) is 0 Å². The van der Waals surface area contributed by atoms with Gasteiger partial charge in [0.1, 0.15) is 0 Å². The summed E-state index contributed by atoms with van der Waals surface area (Å²) in [6, 6.07) is 9.12. The first kappa shape index (κ1) is 12.5. The minimum Gasteiger partial charge on any atom is -0.291 e. The third-order valence-corrected chi connectivity index (χ3v) is 2.60. The van der Waals surface area contributed by atoms with Crippen LogP contribution in [0.3, 0.4) is 0 Å². The number of hydrazone groups is 1. The van der Waals surface area contributed by atoms with Crippen LogP contribution in [0.15, 0.2) is 44.7 Å². The number of hydrogen-bond acceptors (Lipinski definition) is 4. The number of rotatable bonds is 3. The Bertz CT molecular complexity index is 636. The van der Waals surface area contributed by atoms with E-state index in [9.17, 15) is 4.79 Å². The zero-order valence-corrected chi connectivity index (χ0v) is 11.2. The zero-order chi connectivity index (χ0) is 13.0. The molecule has 0 spiro atoms. The van der Waals surface area contributed by atoms with Gasteiger partial charge in [-0.1, -0.05) is 28.1 Å². The van der Waals surface area contributed by atoms with Crippen molar-refractivity contribution >= 4 is 28.1 Å². The number of benzene rings is 1. The van der Waals surface area contributed by atoms with E-state index in [0.717, 1.165) is 10.0 Å². The molecule has 0 fully saturated rings. The van der Waals surface area contributed by atoms with Gasteiger partial charge in [0.25, 0.3) is 5.56 Å². The van der Waals surface area contributed by atoms with Gasteiger partial charge in [-0.05, 0) is 24.6 Å². The molecule has 0 unspecified atom stereocenters. The van der Waals surface area contributed by atoms with Crippen LogP contribution in [-0.4, -0.2) is 16.2 Å². The Kier molecular flexibility index (Phi) is 3.88. The van der Waals surface area contributed by atoms with Crippen molar-refractivity contribution < 1.29 is 0 Å². The maximum Gasteiger partial charge on any atom is 0.252 e. The van der Waals surface area contributed by atoms with Crippen LogP contribution < -0.4 is 11.0 Å². The molecule has 0 saturated carbocycles. The maximum atomic E-state index is 11.2. The lowest BCUT2D eigenvalue weighted by Gasteiger charge is -1.99. The van der Waals surface area contributed by atoms with E-state index in [1.165, 1.54) is 6.07 Å². The summed E-state index contributed by atoms with van der Waals surface area (Å²) in [4.78, 5) is 17.8. The van der Waals surface area contributed by atoms with Gasteiger partial charge in [0, 0.05) is 16.2 Å². The van der Waals surface area contributed by atoms with Gasteiger partial charge in [0.2, 0.25) is 5.95 Å². The van der Waals surface area contributed by atoms with Crippen molar-refractivity contribution in [1.82, 2.24) is 9.97 Å². The second-order valence-electron chi connectivity index (χ2n) is 3.66. The molecule has 5 nitrogen and oxygen atoms in total. The van der Waals surface area contributed by atoms with Crippen LogP contribution in [0.1, 0.15) is 11.3 Å². The fourth-order valence-corrected chi connectivity index (χ4v) is 1.80. The number of nitrogens with one attached hydrogen (secondary N) is 2. The van der Waals surface area contributed by atoms with E-state index in [-0.39, 0.29) is 5.56 Å². The van der Waals surface area contributed by atoms with Gasteiger partial charge < -0.3 is 0 Å². The first-order chi connectivity index (χ1) is 8.63. The van der Waals surface area contributed by atoms with E-state index < -0.39 is 0 Å². The molecule has 0 radical (unpaired) electrons. The largest absolute Gasteiger partial charge is 0.291 e. The van der Waals surface area contributed by atoms with E-state index in [4.69, 9.17) is 0 Å². The highest BCUT2D eigenvalue weighted by atomic mass is 79.9. The lowest BCUT2D eigenvalue weighted by Crippen LogP contribution is -2.10. The van der Waals surface area contributed by atoms with Gasteiger partial charge in [0.15, 0.2) is 0 Å². The molecule has 2 N–H and O–H groups in total. The van der Waals surface area contributed by atoms with Crippen LogP contribution in [0.2, 0.25) is 0 Å². The number of anilines is 1. The summed E-state index contributed by atoms with van der Waals surface area (Å²) in [6.07, 6.45) is 1.65. The summed E-state index contributed by atoms with van der Waals surface area (Å²) in [6.45, 7) is 1.75. The average Bonchev–Trinajstić information content (AvgIpc) is 2.27. The fraction of sp³-hybridized carbons (Fsp3) is 0.0833. The molecule has 0 bridgehead atoms. The molecule has 6 heteroatoms. The smallest absolute Gasteiger partial charge is 0.252 e. The minimum absolute atomic E-state index is 0.206. The Morgan fingerprint density at radius 2 is 2.28 bits per heavy atom. The molecule has 0 atom stereocenters. The number of aromatic nitrogens is 2. The SMILES string of the molecule is Cc1cc(=O)[nH]c(N/N=C/c2cccc(Br)c2)n1.